The third-order valence-electron chi connectivity index (χ3n) is 2.19. The maximum absolute atomic E-state index is 12.0. The highest BCUT2D eigenvalue weighted by Crippen LogP contribution is 2.18. The van der Waals surface area contributed by atoms with E-state index in [-0.39, 0.29) is 16.6 Å². The predicted octanol–water partition coefficient (Wildman–Crippen LogP) is 3.17. The fourth-order valence-corrected chi connectivity index (χ4v) is 2.12. The number of hydrogen-bond acceptors (Lipinski definition) is 3. The molecule has 0 aliphatic carbocycles. The number of nitrogens with zero attached hydrogens (tertiary/aromatic N) is 1. The molecule has 1 aromatic carbocycles. The molecule has 3 N–H and O–H groups in total. The summed E-state index contributed by atoms with van der Waals surface area (Å²) in [6.07, 6.45) is 1.41. The molecule has 1 aromatic heterocycles. The van der Waals surface area contributed by atoms with Crippen LogP contribution in [0.25, 0.3) is 0 Å². The average molecular weight is 374 g/mol. The Labute approximate surface area is 123 Å². The minimum Gasteiger partial charge on any atom is -0.397 e. The Morgan fingerprint density at radius 2 is 2.17 bits per heavy atom. The normalized spacial score (nSPS) is 10.1. The molecular formula is C12H9ClIN3O. The topological polar surface area (TPSA) is 68.0 Å². The maximum Gasteiger partial charge on any atom is 0.258 e. The number of nitrogen functional groups attached to an aromatic ring is 1. The standard InChI is InChI=1S/C12H9ClIN3O/c13-11-10(5-8(15)6-16-11)12(18)17-9-3-1-2-7(14)4-9/h1-6H,15H2,(H,17,18). The van der Waals surface area contributed by atoms with Crippen molar-refractivity contribution in [1.29, 1.82) is 0 Å². The van der Waals surface area contributed by atoms with Gasteiger partial charge >= 0.3 is 0 Å². The molecule has 4 nitrogen and oxygen atoms in total. The Morgan fingerprint density at radius 3 is 2.89 bits per heavy atom. The highest BCUT2D eigenvalue weighted by Gasteiger charge is 2.12. The number of halogens is 2. The van der Waals surface area contributed by atoms with E-state index < -0.39 is 0 Å². The summed E-state index contributed by atoms with van der Waals surface area (Å²) in [4.78, 5) is 15.8. The summed E-state index contributed by atoms with van der Waals surface area (Å²) in [5.41, 5.74) is 6.94. The number of rotatable bonds is 2. The molecule has 0 spiro atoms. The van der Waals surface area contributed by atoms with Crippen LogP contribution >= 0.6 is 34.2 Å². The number of nitrogens with two attached hydrogens (primary N) is 1. The summed E-state index contributed by atoms with van der Waals surface area (Å²) in [7, 11) is 0. The first-order valence-corrected chi connectivity index (χ1v) is 6.50. The summed E-state index contributed by atoms with van der Waals surface area (Å²) < 4.78 is 1.03. The van der Waals surface area contributed by atoms with Crippen LogP contribution in [0.1, 0.15) is 10.4 Å². The van der Waals surface area contributed by atoms with Crippen molar-refractivity contribution in [2.75, 3.05) is 11.1 Å². The van der Waals surface area contributed by atoms with Gasteiger partial charge in [-0.25, -0.2) is 4.98 Å². The fraction of sp³-hybridized carbons (Fsp3) is 0. The first-order chi connectivity index (χ1) is 8.56. The molecule has 0 fully saturated rings. The Hall–Kier alpha value is -1.34. The second-order valence-corrected chi connectivity index (χ2v) is 5.18. The smallest absolute Gasteiger partial charge is 0.258 e. The van der Waals surface area contributed by atoms with Gasteiger partial charge in [-0.2, -0.15) is 0 Å². The number of pyridine rings is 1. The van der Waals surface area contributed by atoms with Crippen LogP contribution in [0.3, 0.4) is 0 Å². The maximum atomic E-state index is 12.0. The summed E-state index contributed by atoms with van der Waals surface area (Å²) in [6.45, 7) is 0. The second-order valence-electron chi connectivity index (χ2n) is 3.57. The van der Waals surface area contributed by atoms with Crippen molar-refractivity contribution in [3.05, 3.63) is 50.8 Å². The lowest BCUT2D eigenvalue weighted by Gasteiger charge is -2.07. The Kier molecular flexibility index (Phi) is 4.03. The highest BCUT2D eigenvalue weighted by molar-refractivity contribution is 14.1. The van der Waals surface area contributed by atoms with E-state index in [4.69, 9.17) is 17.3 Å². The van der Waals surface area contributed by atoms with E-state index >= 15 is 0 Å². The molecule has 0 aliphatic heterocycles. The number of aromatic nitrogens is 1. The largest absolute Gasteiger partial charge is 0.397 e. The number of anilines is 2. The van der Waals surface area contributed by atoms with E-state index in [2.05, 4.69) is 32.9 Å². The molecule has 6 heteroatoms. The van der Waals surface area contributed by atoms with Crippen LogP contribution in [0.15, 0.2) is 36.5 Å². The van der Waals surface area contributed by atoms with Gasteiger partial charge in [-0.15, -0.1) is 0 Å². The molecule has 0 bridgehead atoms. The van der Waals surface area contributed by atoms with E-state index in [9.17, 15) is 4.79 Å². The molecule has 1 heterocycles. The third-order valence-corrected chi connectivity index (χ3v) is 3.16. The zero-order valence-corrected chi connectivity index (χ0v) is 12.1. The monoisotopic (exact) mass is 373 g/mol. The molecule has 18 heavy (non-hydrogen) atoms. The molecule has 0 saturated carbocycles. The van der Waals surface area contributed by atoms with E-state index in [1.54, 1.807) is 6.07 Å². The minimum absolute atomic E-state index is 0.132. The molecular weight excluding hydrogens is 365 g/mol. The van der Waals surface area contributed by atoms with Crippen LogP contribution in [0.5, 0.6) is 0 Å². The van der Waals surface area contributed by atoms with Crippen LogP contribution in [-0.2, 0) is 0 Å². The quantitative estimate of drug-likeness (QED) is 0.627. The van der Waals surface area contributed by atoms with Crippen molar-refractivity contribution >= 4 is 51.5 Å². The average Bonchev–Trinajstić information content (AvgIpc) is 2.32. The van der Waals surface area contributed by atoms with Crippen LogP contribution in [0.4, 0.5) is 11.4 Å². The molecule has 92 valence electrons. The van der Waals surface area contributed by atoms with E-state index in [0.717, 1.165) is 3.57 Å². The molecule has 0 atom stereocenters. The number of carbonyl (C=O) groups is 1. The van der Waals surface area contributed by atoms with Crippen molar-refractivity contribution in [2.24, 2.45) is 0 Å². The van der Waals surface area contributed by atoms with Gasteiger partial charge < -0.3 is 11.1 Å². The van der Waals surface area contributed by atoms with Crippen molar-refractivity contribution in [3.8, 4) is 0 Å². The van der Waals surface area contributed by atoms with E-state index in [1.807, 2.05) is 18.2 Å². The van der Waals surface area contributed by atoms with Gasteiger partial charge in [0.2, 0.25) is 0 Å². The Morgan fingerprint density at radius 1 is 1.39 bits per heavy atom. The van der Waals surface area contributed by atoms with Gasteiger partial charge in [0, 0.05) is 9.26 Å². The number of carbonyl (C=O) groups excluding carboxylic acids is 1. The molecule has 1 amide bonds. The SMILES string of the molecule is Nc1cnc(Cl)c(C(=O)Nc2cccc(I)c2)c1. The zero-order valence-electron chi connectivity index (χ0n) is 9.15. The van der Waals surface area contributed by atoms with Crippen molar-refractivity contribution in [2.45, 2.75) is 0 Å². The summed E-state index contributed by atoms with van der Waals surface area (Å²) in [5, 5.41) is 2.88. The highest BCUT2D eigenvalue weighted by atomic mass is 127. The summed E-state index contributed by atoms with van der Waals surface area (Å²) in [5.74, 6) is -0.332. The number of nitrogens with one attached hydrogen (secondary N) is 1. The number of amides is 1. The van der Waals surface area contributed by atoms with Crippen LogP contribution in [0.2, 0.25) is 5.15 Å². The van der Waals surface area contributed by atoms with Crippen LogP contribution in [-0.4, -0.2) is 10.9 Å². The first kappa shape index (κ1) is 13.1. The molecule has 0 unspecified atom stereocenters. The Bertz CT molecular complexity index is 604. The zero-order chi connectivity index (χ0) is 13.1. The summed E-state index contributed by atoms with van der Waals surface area (Å²) >= 11 is 8.03. The third kappa shape index (κ3) is 3.11. The van der Waals surface area contributed by atoms with Gasteiger partial charge in [0.25, 0.3) is 5.91 Å². The molecule has 0 saturated heterocycles. The van der Waals surface area contributed by atoms with Crippen LogP contribution in [0, 0.1) is 3.57 Å². The van der Waals surface area contributed by atoms with Gasteiger partial charge in [0.05, 0.1) is 17.4 Å². The lowest BCUT2D eigenvalue weighted by atomic mass is 10.2. The van der Waals surface area contributed by atoms with Crippen molar-refractivity contribution in [3.63, 3.8) is 0 Å². The van der Waals surface area contributed by atoms with Gasteiger partial charge in [-0.3, -0.25) is 4.79 Å². The Balaban J connectivity index is 2.24. The molecule has 0 aliphatic rings. The molecule has 2 aromatic rings. The van der Waals surface area contributed by atoms with Gasteiger partial charge in [0.15, 0.2) is 0 Å². The lowest BCUT2D eigenvalue weighted by molar-refractivity contribution is 0.102. The van der Waals surface area contributed by atoms with Gasteiger partial charge in [-0.1, -0.05) is 17.7 Å². The van der Waals surface area contributed by atoms with Crippen molar-refractivity contribution < 1.29 is 4.79 Å². The second kappa shape index (κ2) is 5.53. The summed E-state index contributed by atoms with van der Waals surface area (Å²) in [6, 6.07) is 8.94. The predicted molar refractivity (Wildman–Crippen MR) is 80.8 cm³/mol. The van der Waals surface area contributed by atoms with E-state index in [1.165, 1.54) is 12.3 Å². The molecule has 2 rings (SSSR count). The van der Waals surface area contributed by atoms with Gasteiger partial charge in [-0.05, 0) is 46.9 Å². The van der Waals surface area contributed by atoms with Gasteiger partial charge in [0.1, 0.15) is 5.15 Å². The van der Waals surface area contributed by atoms with Crippen LogP contribution < -0.4 is 11.1 Å². The fourth-order valence-electron chi connectivity index (χ4n) is 1.39. The minimum atomic E-state index is -0.332. The molecule has 0 radical (unpaired) electrons. The lowest BCUT2D eigenvalue weighted by Crippen LogP contribution is -2.13. The first-order valence-electron chi connectivity index (χ1n) is 5.04. The van der Waals surface area contributed by atoms with Crippen molar-refractivity contribution in [1.82, 2.24) is 4.98 Å². The van der Waals surface area contributed by atoms with E-state index in [0.29, 0.717) is 11.4 Å². The number of hydrogen-bond donors (Lipinski definition) is 2. The number of benzene rings is 1.